The average molecular weight is 439 g/mol. The topological polar surface area (TPSA) is 90.5 Å². The number of hydrogen-bond donors (Lipinski definition) is 3. The first-order valence-electron chi connectivity index (χ1n) is 10.4. The van der Waals surface area contributed by atoms with Gasteiger partial charge in [0.25, 0.3) is 11.8 Å². The number of carbonyl (C=O) groups is 3. The van der Waals surface area contributed by atoms with Gasteiger partial charge < -0.3 is 10.6 Å². The summed E-state index contributed by atoms with van der Waals surface area (Å²) < 4.78 is 0. The quantitative estimate of drug-likeness (QED) is 0.456. The van der Waals surface area contributed by atoms with Crippen molar-refractivity contribution in [1.29, 1.82) is 0 Å². The van der Waals surface area contributed by atoms with Crippen LogP contribution in [0.4, 0.5) is 4.79 Å². The third-order valence-electron chi connectivity index (χ3n) is 5.62. The molecule has 2 saturated heterocycles. The predicted octanol–water partition coefficient (Wildman–Crippen LogP) is 2.38. The van der Waals surface area contributed by atoms with Crippen LogP contribution in [0.2, 0.25) is 0 Å². The van der Waals surface area contributed by atoms with Gasteiger partial charge in [0.2, 0.25) is 0 Å². The van der Waals surface area contributed by atoms with E-state index in [9.17, 15) is 14.4 Å². The standard InChI is InChI=1S/C23H26N4O3S/c1-23(21(29)25-22(30)26-23)15-31-19-10-6-5-9-18(19)20(28)24-17-11-12-27(14-17)13-16-7-3-2-4-8-16/h2-10,17H,11-15H2,1H3,(H,24,28)(H2,25,26,29,30). The zero-order valence-electron chi connectivity index (χ0n) is 17.4. The molecule has 2 aliphatic heterocycles. The van der Waals surface area contributed by atoms with Crippen molar-refractivity contribution in [3.8, 4) is 0 Å². The lowest BCUT2D eigenvalue weighted by atomic mass is 10.1. The van der Waals surface area contributed by atoms with Gasteiger partial charge in [-0.1, -0.05) is 42.5 Å². The molecular formula is C23H26N4O3S. The minimum absolute atomic E-state index is 0.103. The highest BCUT2D eigenvalue weighted by Crippen LogP contribution is 2.28. The van der Waals surface area contributed by atoms with Crippen molar-refractivity contribution in [1.82, 2.24) is 20.9 Å². The Labute approximate surface area is 186 Å². The molecule has 2 aliphatic rings. The van der Waals surface area contributed by atoms with Crippen molar-refractivity contribution in [2.24, 2.45) is 0 Å². The summed E-state index contributed by atoms with van der Waals surface area (Å²) in [4.78, 5) is 39.6. The Morgan fingerprint density at radius 2 is 1.90 bits per heavy atom. The zero-order valence-corrected chi connectivity index (χ0v) is 18.2. The van der Waals surface area contributed by atoms with Crippen LogP contribution in [0.1, 0.15) is 29.3 Å². The summed E-state index contributed by atoms with van der Waals surface area (Å²) in [6.07, 6.45) is 0.915. The Bertz CT molecular complexity index is 984. The van der Waals surface area contributed by atoms with Gasteiger partial charge in [-0.15, -0.1) is 11.8 Å². The Morgan fingerprint density at radius 1 is 1.16 bits per heavy atom. The molecule has 7 nitrogen and oxygen atoms in total. The van der Waals surface area contributed by atoms with Gasteiger partial charge in [0.1, 0.15) is 5.54 Å². The van der Waals surface area contributed by atoms with E-state index >= 15 is 0 Å². The van der Waals surface area contributed by atoms with Crippen molar-refractivity contribution in [3.63, 3.8) is 0 Å². The van der Waals surface area contributed by atoms with Crippen LogP contribution in [0, 0.1) is 0 Å². The van der Waals surface area contributed by atoms with Gasteiger partial charge in [-0.05, 0) is 31.0 Å². The fourth-order valence-electron chi connectivity index (χ4n) is 3.88. The number of likely N-dealkylation sites (tertiary alicyclic amines) is 1. The Kier molecular flexibility index (Phi) is 6.29. The highest BCUT2D eigenvalue weighted by molar-refractivity contribution is 7.99. The maximum absolute atomic E-state index is 13.0. The van der Waals surface area contributed by atoms with E-state index in [1.54, 1.807) is 13.0 Å². The number of amides is 4. The molecule has 2 unspecified atom stereocenters. The van der Waals surface area contributed by atoms with Crippen LogP contribution in [0.15, 0.2) is 59.5 Å². The van der Waals surface area contributed by atoms with E-state index < -0.39 is 11.6 Å². The van der Waals surface area contributed by atoms with Crippen molar-refractivity contribution >= 4 is 29.6 Å². The van der Waals surface area contributed by atoms with Crippen LogP contribution < -0.4 is 16.0 Å². The number of benzene rings is 2. The highest BCUT2D eigenvalue weighted by atomic mass is 32.2. The summed E-state index contributed by atoms with van der Waals surface area (Å²) in [6.45, 7) is 4.33. The number of thioether (sulfide) groups is 1. The van der Waals surface area contributed by atoms with Crippen LogP contribution >= 0.6 is 11.8 Å². The third kappa shape index (κ3) is 5.08. The van der Waals surface area contributed by atoms with Crippen molar-refractivity contribution in [3.05, 3.63) is 65.7 Å². The van der Waals surface area contributed by atoms with E-state index in [4.69, 9.17) is 0 Å². The molecule has 3 N–H and O–H groups in total. The van der Waals surface area contributed by atoms with E-state index in [0.717, 1.165) is 31.0 Å². The van der Waals surface area contributed by atoms with Gasteiger partial charge in [0.15, 0.2) is 0 Å². The molecule has 2 aromatic rings. The van der Waals surface area contributed by atoms with Crippen LogP contribution in [0.25, 0.3) is 0 Å². The van der Waals surface area contributed by atoms with Crippen LogP contribution in [-0.2, 0) is 11.3 Å². The molecule has 0 radical (unpaired) electrons. The number of hydrogen-bond acceptors (Lipinski definition) is 5. The molecule has 162 valence electrons. The lowest BCUT2D eigenvalue weighted by Crippen LogP contribution is -2.46. The molecule has 2 heterocycles. The van der Waals surface area contributed by atoms with Gasteiger partial charge in [-0.3, -0.25) is 19.8 Å². The summed E-state index contributed by atoms with van der Waals surface area (Å²) in [7, 11) is 0. The number of nitrogens with zero attached hydrogens (tertiary/aromatic N) is 1. The maximum atomic E-state index is 13.0. The number of imide groups is 1. The van der Waals surface area contributed by atoms with Gasteiger partial charge in [-0.25, -0.2) is 4.79 Å². The molecule has 0 aliphatic carbocycles. The fraction of sp³-hybridized carbons (Fsp3) is 0.348. The molecule has 2 atom stereocenters. The lowest BCUT2D eigenvalue weighted by Gasteiger charge is -2.21. The smallest absolute Gasteiger partial charge is 0.322 e. The molecule has 2 fully saturated rings. The van der Waals surface area contributed by atoms with Gasteiger partial charge in [0, 0.05) is 36.3 Å². The lowest BCUT2D eigenvalue weighted by molar-refractivity contribution is -0.122. The molecule has 4 amide bonds. The minimum atomic E-state index is -0.991. The molecule has 0 aromatic heterocycles. The van der Waals surface area contributed by atoms with E-state index in [2.05, 4.69) is 33.0 Å². The van der Waals surface area contributed by atoms with E-state index in [1.807, 2.05) is 36.4 Å². The molecule has 0 bridgehead atoms. The zero-order chi connectivity index (χ0) is 21.8. The third-order valence-corrected chi connectivity index (χ3v) is 7.01. The first-order valence-corrected chi connectivity index (χ1v) is 11.3. The van der Waals surface area contributed by atoms with E-state index in [0.29, 0.717) is 11.3 Å². The van der Waals surface area contributed by atoms with Gasteiger partial charge in [0.05, 0.1) is 5.56 Å². The second kappa shape index (κ2) is 9.11. The van der Waals surface area contributed by atoms with E-state index in [1.165, 1.54) is 17.3 Å². The van der Waals surface area contributed by atoms with Gasteiger partial charge in [-0.2, -0.15) is 0 Å². The number of rotatable bonds is 7. The largest absolute Gasteiger partial charge is 0.348 e. The minimum Gasteiger partial charge on any atom is -0.348 e. The molecular weight excluding hydrogens is 412 g/mol. The van der Waals surface area contributed by atoms with Crippen molar-refractivity contribution in [2.45, 2.75) is 36.4 Å². The summed E-state index contributed by atoms with van der Waals surface area (Å²) >= 11 is 1.39. The number of carbonyl (C=O) groups excluding carboxylic acids is 3. The Morgan fingerprint density at radius 3 is 2.65 bits per heavy atom. The first-order chi connectivity index (χ1) is 14.9. The summed E-state index contributed by atoms with van der Waals surface area (Å²) in [5.41, 5.74) is 0.865. The molecule has 4 rings (SSSR count). The Balaban J connectivity index is 1.35. The van der Waals surface area contributed by atoms with Crippen LogP contribution in [0.5, 0.6) is 0 Å². The number of urea groups is 1. The fourth-order valence-corrected chi connectivity index (χ4v) is 5.02. The predicted molar refractivity (Wildman–Crippen MR) is 120 cm³/mol. The van der Waals surface area contributed by atoms with Crippen molar-refractivity contribution < 1.29 is 14.4 Å². The van der Waals surface area contributed by atoms with Crippen molar-refractivity contribution in [2.75, 3.05) is 18.8 Å². The highest BCUT2D eigenvalue weighted by Gasteiger charge is 2.42. The second-order valence-electron chi connectivity index (χ2n) is 8.20. The number of nitrogens with one attached hydrogen (secondary N) is 3. The average Bonchev–Trinajstić information content (AvgIpc) is 3.30. The summed E-state index contributed by atoms with van der Waals surface area (Å²) in [5.74, 6) is -0.125. The summed E-state index contributed by atoms with van der Waals surface area (Å²) in [5, 5.41) is 8.08. The van der Waals surface area contributed by atoms with Gasteiger partial charge >= 0.3 is 6.03 Å². The van der Waals surface area contributed by atoms with E-state index in [-0.39, 0.29) is 17.9 Å². The monoisotopic (exact) mass is 438 g/mol. The normalized spacial score (nSPS) is 23.5. The molecule has 8 heteroatoms. The molecule has 0 saturated carbocycles. The molecule has 31 heavy (non-hydrogen) atoms. The van der Waals surface area contributed by atoms with Crippen LogP contribution in [-0.4, -0.2) is 53.2 Å². The Hall–Kier alpha value is -2.84. The maximum Gasteiger partial charge on any atom is 0.322 e. The summed E-state index contributed by atoms with van der Waals surface area (Å²) in [6, 6.07) is 17.3. The molecule has 0 spiro atoms. The van der Waals surface area contributed by atoms with Crippen LogP contribution in [0.3, 0.4) is 0 Å². The SMILES string of the molecule is CC1(CSc2ccccc2C(=O)NC2CCN(Cc3ccccc3)C2)NC(=O)NC1=O. The molecule has 2 aromatic carbocycles. The first kappa shape index (κ1) is 21.4. The second-order valence-corrected chi connectivity index (χ2v) is 9.22.